The first kappa shape index (κ1) is 11.3. The molecule has 0 radical (unpaired) electrons. The number of halogens is 3. The Kier molecular flexibility index (Phi) is 2.80. The Morgan fingerprint density at radius 3 is 2.75 bits per heavy atom. The van der Waals surface area contributed by atoms with Crippen LogP contribution in [0.15, 0.2) is 18.2 Å². The van der Waals surface area contributed by atoms with Crippen LogP contribution in [0.5, 0.6) is 5.75 Å². The maximum Gasteiger partial charge on any atom is 0.416 e. The van der Waals surface area contributed by atoms with E-state index in [9.17, 15) is 13.2 Å². The molecule has 16 heavy (non-hydrogen) atoms. The molecule has 0 aromatic heterocycles. The molecule has 2 nitrogen and oxygen atoms in total. The molecule has 5 heteroatoms. The number of hydrogen-bond acceptors (Lipinski definition) is 2. The Morgan fingerprint density at radius 1 is 1.38 bits per heavy atom. The Labute approximate surface area is 90.7 Å². The van der Waals surface area contributed by atoms with Gasteiger partial charge in [0.25, 0.3) is 0 Å². The number of aliphatic hydroxyl groups excluding tert-OH is 1. The average Bonchev–Trinajstić information content (AvgIpc) is 2.26. The fourth-order valence-electron chi connectivity index (χ4n) is 1.73. The lowest BCUT2D eigenvalue weighted by Gasteiger charge is -2.24. The highest BCUT2D eigenvalue weighted by Crippen LogP contribution is 2.35. The zero-order chi connectivity index (χ0) is 11.8. The van der Waals surface area contributed by atoms with Gasteiger partial charge in [-0.1, -0.05) is 6.07 Å². The van der Waals surface area contributed by atoms with Gasteiger partial charge in [-0.15, -0.1) is 0 Å². The topological polar surface area (TPSA) is 29.5 Å². The summed E-state index contributed by atoms with van der Waals surface area (Å²) < 4.78 is 42.4. The highest BCUT2D eigenvalue weighted by Gasteiger charge is 2.32. The molecular weight excluding hydrogens is 221 g/mol. The molecule has 0 amide bonds. The minimum Gasteiger partial charge on any atom is -0.493 e. The van der Waals surface area contributed by atoms with Crippen molar-refractivity contribution < 1.29 is 23.0 Å². The zero-order valence-electron chi connectivity index (χ0n) is 8.42. The number of alkyl halides is 3. The van der Waals surface area contributed by atoms with Crippen molar-refractivity contribution in [3.63, 3.8) is 0 Å². The lowest BCUT2D eigenvalue weighted by Crippen LogP contribution is -2.24. The molecule has 0 unspecified atom stereocenters. The van der Waals surface area contributed by atoms with Crippen LogP contribution in [-0.2, 0) is 12.6 Å². The van der Waals surface area contributed by atoms with Crippen molar-refractivity contribution in [1.82, 2.24) is 0 Å². The van der Waals surface area contributed by atoms with E-state index in [-0.39, 0.29) is 24.9 Å². The van der Waals surface area contributed by atoms with Crippen LogP contribution in [-0.4, -0.2) is 18.3 Å². The lowest BCUT2D eigenvalue weighted by molar-refractivity contribution is -0.137. The quantitative estimate of drug-likeness (QED) is 0.804. The highest BCUT2D eigenvalue weighted by molar-refractivity contribution is 5.40. The second-order valence-corrected chi connectivity index (χ2v) is 3.88. The van der Waals surface area contributed by atoms with Gasteiger partial charge in [-0.25, -0.2) is 0 Å². The first-order chi connectivity index (χ1) is 7.50. The second kappa shape index (κ2) is 3.97. The summed E-state index contributed by atoms with van der Waals surface area (Å²) in [6.07, 6.45) is -3.78. The van der Waals surface area contributed by atoms with E-state index in [0.717, 1.165) is 17.7 Å². The summed E-state index contributed by atoms with van der Waals surface area (Å²) in [6, 6.07) is 3.48. The molecule has 0 aliphatic carbocycles. The van der Waals surface area contributed by atoms with Crippen molar-refractivity contribution in [1.29, 1.82) is 0 Å². The van der Waals surface area contributed by atoms with E-state index in [0.29, 0.717) is 6.42 Å². The molecule has 1 N–H and O–H groups in total. The normalized spacial score (nSPS) is 20.1. The number of hydrogen-bond donors (Lipinski definition) is 1. The monoisotopic (exact) mass is 232 g/mol. The van der Waals surface area contributed by atoms with Gasteiger partial charge >= 0.3 is 6.18 Å². The molecule has 88 valence electrons. The molecule has 1 atom stereocenters. The third-order valence-corrected chi connectivity index (χ3v) is 2.64. The minimum absolute atomic E-state index is 0.0134. The van der Waals surface area contributed by atoms with E-state index in [1.54, 1.807) is 0 Å². The van der Waals surface area contributed by atoms with E-state index >= 15 is 0 Å². The summed E-state index contributed by atoms with van der Waals surface area (Å²) in [6.45, 7) is 0.255. The molecule has 0 bridgehead atoms. The largest absolute Gasteiger partial charge is 0.493 e. The molecule has 1 aromatic carbocycles. The molecule has 1 aliphatic heterocycles. The molecule has 1 aliphatic rings. The van der Waals surface area contributed by atoms with Crippen LogP contribution in [0.25, 0.3) is 0 Å². The molecule has 0 spiro atoms. The van der Waals surface area contributed by atoms with Gasteiger partial charge in [0.15, 0.2) is 0 Å². The van der Waals surface area contributed by atoms with Crippen LogP contribution >= 0.6 is 0 Å². The van der Waals surface area contributed by atoms with Gasteiger partial charge in [0, 0.05) is 12.5 Å². The van der Waals surface area contributed by atoms with Crippen molar-refractivity contribution >= 4 is 0 Å². The standard InChI is InChI=1S/C11H11F3O2/c12-11(13,14)9-2-1-8-3-7(5-15)6-16-10(8)4-9/h1-2,4,7,15H,3,5-6H2/t7-/m0/s1. The van der Waals surface area contributed by atoms with Gasteiger partial charge in [-0.2, -0.15) is 13.2 Å². The molecule has 1 heterocycles. The van der Waals surface area contributed by atoms with E-state index in [4.69, 9.17) is 9.84 Å². The van der Waals surface area contributed by atoms with Crippen LogP contribution < -0.4 is 4.74 Å². The first-order valence-electron chi connectivity index (χ1n) is 4.94. The molecule has 0 fully saturated rings. The van der Waals surface area contributed by atoms with Crippen LogP contribution in [0.2, 0.25) is 0 Å². The smallest absolute Gasteiger partial charge is 0.416 e. The average molecular weight is 232 g/mol. The SMILES string of the molecule is OC[C@H]1COc2cc(C(F)(F)F)ccc2C1. The van der Waals surface area contributed by atoms with Crippen LogP contribution in [0.3, 0.4) is 0 Å². The molecular formula is C11H11F3O2. The Bertz CT molecular complexity index is 387. The Morgan fingerprint density at radius 2 is 2.12 bits per heavy atom. The Hall–Kier alpha value is -1.23. The number of rotatable bonds is 1. The number of fused-ring (bicyclic) bond motifs is 1. The van der Waals surface area contributed by atoms with Crippen molar-refractivity contribution in [2.75, 3.05) is 13.2 Å². The fraction of sp³-hybridized carbons (Fsp3) is 0.455. The summed E-state index contributed by atoms with van der Waals surface area (Å²) in [5.74, 6) is 0.253. The molecule has 0 saturated heterocycles. The first-order valence-corrected chi connectivity index (χ1v) is 4.94. The van der Waals surface area contributed by atoms with Gasteiger partial charge < -0.3 is 9.84 Å². The minimum atomic E-state index is -4.34. The number of benzene rings is 1. The maximum absolute atomic E-state index is 12.4. The van der Waals surface area contributed by atoms with Crippen molar-refractivity contribution in [3.05, 3.63) is 29.3 Å². The van der Waals surface area contributed by atoms with Crippen LogP contribution in [0, 0.1) is 5.92 Å². The van der Waals surface area contributed by atoms with Gasteiger partial charge in [0.2, 0.25) is 0 Å². The van der Waals surface area contributed by atoms with Crippen molar-refractivity contribution in [2.24, 2.45) is 5.92 Å². The number of aliphatic hydroxyl groups is 1. The number of ether oxygens (including phenoxy) is 1. The summed E-state index contributed by atoms with van der Waals surface area (Å²) in [4.78, 5) is 0. The third-order valence-electron chi connectivity index (χ3n) is 2.64. The van der Waals surface area contributed by atoms with E-state index < -0.39 is 11.7 Å². The van der Waals surface area contributed by atoms with Crippen molar-refractivity contribution in [3.8, 4) is 5.75 Å². The Balaban J connectivity index is 2.28. The molecule has 0 saturated carbocycles. The third kappa shape index (κ3) is 2.14. The zero-order valence-corrected chi connectivity index (χ0v) is 8.42. The summed E-state index contributed by atoms with van der Waals surface area (Å²) >= 11 is 0. The summed E-state index contributed by atoms with van der Waals surface area (Å²) in [7, 11) is 0. The lowest BCUT2D eigenvalue weighted by atomic mass is 9.96. The van der Waals surface area contributed by atoms with Crippen molar-refractivity contribution in [2.45, 2.75) is 12.6 Å². The summed E-state index contributed by atoms with van der Waals surface area (Å²) in [5, 5.41) is 8.94. The molecule has 2 rings (SSSR count). The fourth-order valence-corrected chi connectivity index (χ4v) is 1.73. The highest BCUT2D eigenvalue weighted by atomic mass is 19.4. The van der Waals surface area contributed by atoms with Gasteiger partial charge in [0.1, 0.15) is 5.75 Å². The van der Waals surface area contributed by atoms with Gasteiger partial charge in [-0.3, -0.25) is 0 Å². The van der Waals surface area contributed by atoms with Gasteiger partial charge in [0.05, 0.1) is 12.2 Å². The van der Waals surface area contributed by atoms with Gasteiger partial charge in [-0.05, 0) is 24.1 Å². The van der Waals surface area contributed by atoms with E-state index in [2.05, 4.69) is 0 Å². The predicted molar refractivity (Wildman–Crippen MR) is 51.2 cm³/mol. The van der Waals surface area contributed by atoms with E-state index in [1.807, 2.05) is 0 Å². The maximum atomic E-state index is 12.4. The molecule has 1 aromatic rings. The van der Waals surface area contributed by atoms with Crippen LogP contribution in [0.4, 0.5) is 13.2 Å². The summed E-state index contributed by atoms with van der Waals surface area (Å²) in [5.41, 5.74) is 0.0204. The predicted octanol–water partition coefficient (Wildman–Crippen LogP) is 2.25. The second-order valence-electron chi connectivity index (χ2n) is 3.88. The van der Waals surface area contributed by atoms with Crippen LogP contribution in [0.1, 0.15) is 11.1 Å². The van der Waals surface area contributed by atoms with E-state index in [1.165, 1.54) is 6.07 Å².